The summed E-state index contributed by atoms with van der Waals surface area (Å²) in [5.74, 6) is -0.0663. The molecule has 1 unspecified atom stereocenters. The number of hydrogen-bond acceptors (Lipinski definition) is 3. The van der Waals surface area contributed by atoms with Gasteiger partial charge in [-0.2, -0.15) is 5.10 Å². The fourth-order valence-corrected chi connectivity index (χ4v) is 3.47. The van der Waals surface area contributed by atoms with Crippen molar-refractivity contribution in [2.75, 3.05) is 6.54 Å². The Kier molecular flexibility index (Phi) is 3.53. The second-order valence-electron chi connectivity index (χ2n) is 5.70. The van der Waals surface area contributed by atoms with Crippen LogP contribution in [0, 0.1) is 0 Å². The third-order valence-corrected chi connectivity index (χ3v) is 4.55. The van der Waals surface area contributed by atoms with E-state index in [4.69, 9.17) is 11.6 Å². The molecule has 0 radical (unpaired) electrons. The summed E-state index contributed by atoms with van der Waals surface area (Å²) in [5, 5.41) is 4.49. The molecule has 0 bridgehead atoms. The van der Waals surface area contributed by atoms with E-state index in [9.17, 15) is 4.79 Å². The average molecular weight is 330 g/mol. The Morgan fingerprint density at radius 1 is 1.30 bits per heavy atom. The minimum absolute atomic E-state index is 0.0663. The molecule has 0 saturated carbocycles. The van der Waals surface area contributed by atoms with Crippen LogP contribution in [-0.4, -0.2) is 42.6 Å². The van der Waals surface area contributed by atoms with Crippen LogP contribution in [0.1, 0.15) is 23.3 Å². The molecule has 4 rings (SSSR count). The van der Waals surface area contributed by atoms with E-state index >= 15 is 0 Å². The Labute approximate surface area is 138 Å². The molecule has 3 aromatic heterocycles. The molecule has 0 spiro atoms. The molecule has 0 N–H and O–H groups in total. The van der Waals surface area contributed by atoms with Gasteiger partial charge in [0.15, 0.2) is 10.8 Å². The van der Waals surface area contributed by atoms with Gasteiger partial charge in [0.1, 0.15) is 5.65 Å². The summed E-state index contributed by atoms with van der Waals surface area (Å²) in [6.07, 6.45) is 7.46. The van der Waals surface area contributed by atoms with Crippen LogP contribution >= 0.6 is 11.6 Å². The van der Waals surface area contributed by atoms with Gasteiger partial charge in [0.25, 0.3) is 5.91 Å². The molecular weight excluding hydrogens is 314 g/mol. The fraction of sp³-hybridized carbons (Fsp3) is 0.312. The van der Waals surface area contributed by atoms with E-state index in [0.29, 0.717) is 17.9 Å². The summed E-state index contributed by atoms with van der Waals surface area (Å²) in [6.45, 7) is 1.44. The summed E-state index contributed by atoms with van der Waals surface area (Å²) in [4.78, 5) is 19.2. The number of fused-ring (bicyclic) bond motifs is 1. The maximum atomic E-state index is 13.0. The minimum atomic E-state index is -0.0663. The van der Waals surface area contributed by atoms with Gasteiger partial charge in [-0.25, -0.2) is 4.98 Å². The monoisotopic (exact) mass is 329 g/mol. The van der Waals surface area contributed by atoms with Crippen LogP contribution in [0.15, 0.2) is 42.9 Å². The summed E-state index contributed by atoms with van der Waals surface area (Å²) in [5.41, 5.74) is 1.12. The van der Waals surface area contributed by atoms with Crippen LogP contribution in [0.5, 0.6) is 0 Å². The Hall–Kier alpha value is -2.34. The predicted octanol–water partition coefficient (Wildman–Crippen LogP) is 2.49. The highest BCUT2D eigenvalue weighted by atomic mass is 35.5. The summed E-state index contributed by atoms with van der Waals surface area (Å²) >= 11 is 6.23. The standard InChI is InChI=1S/C16H16ClN5O/c17-15-14(22-9-2-1-6-13(22)19-15)16(23)21-10-3-5-12(21)11-20-8-4-7-18-20/h1-2,4,6-9,12H,3,5,10-11H2. The quantitative estimate of drug-likeness (QED) is 0.742. The molecule has 118 valence electrons. The number of carbonyl (C=O) groups excluding carboxylic acids is 1. The highest BCUT2D eigenvalue weighted by molar-refractivity contribution is 6.32. The molecule has 1 atom stereocenters. The molecule has 3 aromatic rings. The zero-order valence-corrected chi connectivity index (χ0v) is 13.2. The zero-order valence-electron chi connectivity index (χ0n) is 12.5. The lowest BCUT2D eigenvalue weighted by Gasteiger charge is -2.24. The number of likely N-dealkylation sites (tertiary alicyclic amines) is 1. The van der Waals surface area contributed by atoms with E-state index in [0.717, 1.165) is 19.4 Å². The van der Waals surface area contributed by atoms with Crippen molar-refractivity contribution in [2.24, 2.45) is 0 Å². The minimum Gasteiger partial charge on any atom is -0.332 e. The summed E-state index contributed by atoms with van der Waals surface area (Å²) < 4.78 is 3.63. The SMILES string of the molecule is O=C(c1c(Cl)nc2ccccn12)N1CCCC1Cn1cccn1. The van der Waals surface area contributed by atoms with Gasteiger partial charge in [-0.1, -0.05) is 17.7 Å². The number of hydrogen-bond donors (Lipinski definition) is 0. The number of aromatic nitrogens is 4. The lowest BCUT2D eigenvalue weighted by atomic mass is 10.2. The number of halogens is 1. The lowest BCUT2D eigenvalue weighted by Crippen LogP contribution is -2.38. The van der Waals surface area contributed by atoms with E-state index in [1.165, 1.54) is 0 Å². The van der Waals surface area contributed by atoms with Crippen LogP contribution in [0.4, 0.5) is 0 Å². The van der Waals surface area contributed by atoms with E-state index in [2.05, 4.69) is 10.1 Å². The smallest absolute Gasteiger partial charge is 0.274 e. The molecule has 7 heteroatoms. The van der Waals surface area contributed by atoms with E-state index in [-0.39, 0.29) is 17.1 Å². The van der Waals surface area contributed by atoms with Crippen molar-refractivity contribution in [3.63, 3.8) is 0 Å². The largest absolute Gasteiger partial charge is 0.332 e. The first-order chi connectivity index (χ1) is 11.2. The number of amides is 1. The molecule has 0 aromatic carbocycles. The van der Waals surface area contributed by atoms with Crippen LogP contribution in [0.3, 0.4) is 0 Å². The van der Waals surface area contributed by atoms with Gasteiger partial charge in [-0.05, 0) is 31.0 Å². The number of rotatable bonds is 3. The van der Waals surface area contributed by atoms with Gasteiger partial charge >= 0.3 is 0 Å². The molecule has 1 saturated heterocycles. The van der Waals surface area contributed by atoms with Gasteiger partial charge in [-0.15, -0.1) is 0 Å². The molecule has 6 nitrogen and oxygen atoms in total. The number of nitrogens with zero attached hydrogens (tertiary/aromatic N) is 5. The summed E-state index contributed by atoms with van der Waals surface area (Å²) in [6, 6.07) is 7.61. The highest BCUT2D eigenvalue weighted by Crippen LogP contribution is 2.25. The molecular formula is C16H16ClN5O. The average Bonchev–Trinajstić information content (AvgIpc) is 3.26. The second-order valence-corrected chi connectivity index (χ2v) is 6.06. The Morgan fingerprint density at radius 2 is 2.22 bits per heavy atom. The molecule has 4 heterocycles. The first-order valence-electron chi connectivity index (χ1n) is 7.65. The molecule has 1 aliphatic heterocycles. The fourth-order valence-electron chi connectivity index (χ4n) is 3.21. The Balaban J connectivity index is 1.65. The molecule has 1 fully saturated rings. The second kappa shape index (κ2) is 5.70. The van der Waals surface area contributed by atoms with Crippen molar-refractivity contribution in [3.8, 4) is 0 Å². The van der Waals surface area contributed by atoms with Gasteiger partial charge in [0, 0.05) is 25.1 Å². The lowest BCUT2D eigenvalue weighted by molar-refractivity contribution is 0.0715. The van der Waals surface area contributed by atoms with E-state index < -0.39 is 0 Å². The van der Waals surface area contributed by atoms with E-state index in [1.54, 1.807) is 10.6 Å². The zero-order chi connectivity index (χ0) is 15.8. The topological polar surface area (TPSA) is 55.4 Å². The maximum absolute atomic E-state index is 13.0. The molecule has 23 heavy (non-hydrogen) atoms. The molecule has 0 aliphatic carbocycles. The third kappa shape index (κ3) is 2.49. The van der Waals surface area contributed by atoms with Gasteiger partial charge in [0.05, 0.1) is 12.6 Å². The van der Waals surface area contributed by atoms with Gasteiger partial charge < -0.3 is 4.90 Å². The number of imidazole rings is 1. The number of pyridine rings is 1. The van der Waals surface area contributed by atoms with Crippen LogP contribution in [-0.2, 0) is 6.54 Å². The van der Waals surface area contributed by atoms with Crippen LogP contribution in [0.2, 0.25) is 5.15 Å². The predicted molar refractivity (Wildman–Crippen MR) is 86.5 cm³/mol. The Morgan fingerprint density at radius 3 is 3.04 bits per heavy atom. The summed E-state index contributed by atoms with van der Waals surface area (Å²) in [7, 11) is 0. The first kappa shape index (κ1) is 14.3. The van der Waals surface area contributed by atoms with Crippen molar-refractivity contribution < 1.29 is 4.79 Å². The van der Waals surface area contributed by atoms with Crippen molar-refractivity contribution in [1.29, 1.82) is 0 Å². The van der Waals surface area contributed by atoms with Crippen molar-refractivity contribution in [3.05, 3.63) is 53.7 Å². The maximum Gasteiger partial charge on any atom is 0.274 e. The molecule has 1 amide bonds. The normalized spacial score (nSPS) is 18.0. The van der Waals surface area contributed by atoms with Crippen LogP contribution < -0.4 is 0 Å². The first-order valence-corrected chi connectivity index (χ1v) is 8.03. The van der Waals surface area contributed by atoms with Crippen molar-refractivity contribution in [1.82, 2.24) is 24.1 Å². The van der Waals surface area contributed by atoms with Crippen LogP contribution in [0.25, 0.3) is 5.65 Å². The van der Waals surface area contributed by atoms with Crippen molar-refractivity contribution in [2.45, 2.75) is 25.4 Å². The number of carbonyl (C=O) groups is 1. The molecule has 1 aliphatic rings. The van der Waals surface area contributed by atoms with Gasteiger partial charge in [-0.3, -0.25) is 13.9 Å². The van der Waals surface area contributed by atoms with Crippen molar-refractivity contribution >= 4 is 23.2 Å². The Bertz CT molecular complexity index is 841. The third-order valence-electron chi connectivity index (χ3n) is 4.28. The van der Waals surface area contributed by atoms with Gasteiger partial charge in [0.2, 0.25) is 0 Å². The highest BCUT2D eigenvalue weighted by Gasteiger charge is 2.32. The van der Waals surface area contributed by atoms with E-state index in [1.807, 2.05) is 46.2 Å².